The summed E-state index contributed by atoms with van der Waals surface area (Å²) in [5.74, 6) is -0.605. The van der Waals surface area contributed by atoms with Crippen molar-refractivity contribution < 1.29 is 9.47 Å². The summed E-state index contributed by atoms with van der Waals surface area (Å²) in [6.45, 7) is 0.675. The van der Waals surface area contributed by atoms with Crippen molar-refractivity contribution in [1.82, 2.24) is 0 Å². The Morgan fingerprint density at radius 2 is 1.95 bits per heavy atom. The average Bonchev–Trinajstić information content (AvgIpc) is 2.49. The van der Waals surface area contributed by atoms with Crippen LogP contribution in [0.3, 0.4) is 0 Å². The van der Waals surface area contributed by atoms with E-state index in [1.807, 2.05) is 48.7 Å². The zero-order valence-electron chi connectivity index (χ0n) is 11.4. The van der Waals surface area contributed by atoms with Crippen molar-refractivity contribution in [1.29, 1.82) is 0 Å². The summed E-state index contributed by atoms with van der Waals surface area (Å²) >= 11 is 0. The van der Waals surface area contributed by atoms with Gasteiger partial charge in [0.1, 0.15) is 0 Å². The molecule has 0 amide bonds. The Kier molecular flexibility index (Phi) is 4.66. The molecule has 19 heavy (non-hydrogen) atoms. The number of aliphatic imine (C=N–C) groups is 1. The third-order valence-electron chi connectivity index (χ3n) is 3.20. The van der Waals surface area contributed by atoms with Crippen LogP contribution in [-0.2, 0) is 9.47 Å². The van der Waals surface area contributed by atoms with Crippen LogP contribution in [0.5, 0.6) is 0 Å². The summed E-state index contributed by atoms with van der Waals surface area (Å²) in [7, 11) is 3.31. The molecule has 0 atom stereocenters. The highest BCUT2D eigenvalue weighted by Crippen LogP contribution is 2.24. The fraction of sp³-hybridized carbons (Fsp3) is 0.312. The van der Waals surface area contributed by atoms with Gasteiger partial charge in [0, 0.05) is 26.9 Å². The quantitative estimate of drug-likeness (QED) is 0.599. The lowest BCUT2D eigenvalue weighted by molar-refractivity contribution is -0.167. The second-order valence-corrected chi connectivity index (χ2v) is 4.42. The Morgan fingerprint density at radius 1 is 1.21 bits per heavy atom. The third kappa shape index (κ3) is 3.63. The van der Waals surface area contributed by atoms with E-state index >= 15 is 0 Å². The number of hydrogen-bond acceptors (Lipinski definition) is 3. The molecule has 0 spiro atoms. The van der Waals surface area contributed by atoms with E-state index in [0.29, 0.717) is 13.0 Å². The van der Waals surface area contributed by atoms with Crippen LogP contribution in [-0.4, -0.2) is 32.8 Å². The van der Waals surface area contributed by atoms with E-state index in [1.165, 1.54) is 5.57 Å². The lowest BCUT2D eigenvalue weighted by Gasteiger charge is -2.28. The number of methoxy groups -OCH3 is 2. The molecule has 0 fully saturated rings. The fourth-order valence-corrected chi connectivity index (χ4v) is 1.94. The van der Waals surface area contributed by atoms with Crippen molar-refractivity contribution in [2.24, 2.45) is 4.99 Å². The van der Waals surface area contributed by atoms with Crippen LogP contribution in [0, 0.1) is 0 Å². The minimum atomic E-state index is -0.605. The zero-order chi connectivity index (χ0) is 13.6. The van der Waals surface area contributed by atoms with Crippen LogP contribution in [0.1, 0.15) is 12.0 Å². The maximum Gasteiger partial charge on any atom is 0.190 e. The van der Waals surface area contributed by atoms with Gasteiger partial charge in [-0.2, -0.15) is 0 Å². The van der Waals surface area contributed by atoms with Crippen LogP contribution in [0.2, 0.25) is 0 Å². The average molecular weight is 257 g/mol. The second-order valence-electron chi connectivity index (χ2n) is 4.42. The van der Waals surface area contributed by atoms with E-state index in [1.54, 1.807) is 14.2 Å². The molecule has 100 valence electrons. The Labute approximate surface area is 114 Å². The zero-order valence-corrected chi connectivity index (χ0v) is 11.4. The molecule has 1 aliphatic carbocycles. The predicted octanol–water partition coefficient (Wildman–Crippen LogP) is 2.98. The molecule has 1 aliphatic rings. The number of rotatable bonds is 5. The Bertz CT molecular complexity index is 485. The Hall–Kier alpha value is -1.71. The fourth-order valence-electron chi connectivity index (χ4n) is 1.94. The topological polar surface area (TPSA) is 30.8 Å². The summed E-state index contributed by atoms with van der Waals surface area (Å²) in [4.78, 5) is 4.44. The minimum Gasteiger partial charge on any atom is -0.349 e. The number of benzene rings is 1. The summed E-state index contributed by atoms with van der Waals surface area (Å²) in [5.41, 5.74) is 2.29. The lowest BCUT2D eigenvalue weighted by atomic mass is 10.0. The molecule has 0 unspecified atom stereocenters. The van der Waals surface area contributed by atoms with E-state index < -0.39 is 5.79 Å². The first kappa shape index (κ1) is 13.7. The molecule has 0 aliphatic heterocycles. The molecule has 0 bridgehead atoms. The van der Waals surface area contributed by atoms with Gasteiger partial charge in [-0.05, 0) is 17.2 Å². The molecule has 3 nitrogen and oxygen atoms in total. The van der Waals surface area contributed by atoms with E-state index in [-0.39, 0.29) is 0 Å². The smallest absolute Gasteiger partial charge is 0.190 e. The van der Waals surface area contributed by atoms with Gasteiger partial charge in [-0.1, -0.05) is 42.5 Å². The van der Waals surface area contributed by atoms with Crippen LogP contribution in [0.15, 0.2) is 59.1 Å². The molecule has 2 rings (SSSR count). The van der Waals surface area contributed by atoms with Crippen molar-refractivity contribution in [3.8, 4) is 0 Å². The maximum atomic E-state index is 5.36. The normalized spacial score (nSPS) is 17.7. The van der Waals surface area contributed by atoms with E-state index in [9.17, 15) is 0 Å². The highest BCUT2D eigenvalue weighted by molar-refractivity contribution is 5.79. The maximum absolute atomic E-state index is 5.36. The first-order valence-electron chi connectivity index (χ1n) is 6.31. The van der Waals surface area contributed by atoms with Crippen LogP contribution in [0.4, 0.5) is 0 Å². The van der Waals surface area contributed by atoms with Crippen LogP contribution < -0.4 is 0 Å². The van der Waals surface area contributed by atoms with E-state index in [4.69, 9.17) is 9.47 Å². The molecule has 0 heterocycles. The van der Waals surface area contributed by atoms with Crippen molar-refractivity contribution >= 4 is 6.21 Å². The molecule has 0 aromatic heterocycles. The molecule has 0 radical (unpaired) electrons. The first-order chi connectivity index (χ1) is 9.28. The lowest BCUT2D eigenvalue weighted by Crippen LogP contribution is -2.32. The standard InChI is InChI=1S/C16H19NO2/c1-18-16(19-2)10-8-15(9-11-16)13-17-12-14-6-4-3-5-7-14/h3-10,12H,11,13H2,1-2H3. The molecular weight excluding hydrogens is 238 g/mol. The molecule has 1 aromatic rings. The van der Waals surface area contributed by atoms with Gasteiger partial charge in [-0.3, -0.25) is 4.99 Å². The molecule has 0 saturated heterocycles. The molecular formula is C16H19NO2. The highest BCUT2D eigenvalue weighted by atomic mass is 16.7. The van der Waals surface area contributed by atoms with Gasteiger partial charge in [0.2, 0.25) is 0 Å². The number of nitrogens with zero attached hydrogens (tertiary/aromatic N) is 1. The van der Waals surface area contributed by atoms with Gasteiger partial charge in [0.05, 0.1) is 6.54 Å². The van der Waals surface area contributed by atoms with Crippen molar-refractivity contribution in [3.05, 3.63) is 59.7 Å². The Morgan fingerprint density at radius 3 is 2.53 bits per heavy atom. The summed E-state index contributed by atoms with van der Waals surface area (Å²) in [5, 5.41) is 0. The summed E-state index contributed by atoms with van der Waals surface area (Å²) in [6.07, 6.45) is 8.67. The minimum absolute atomic E-state index is 0.605. The van der Waals surface area contributed by atoms with E-state index in [0.717, 1.165) is 5.56 Å². The van der Waals surface area contributed by atoms with Gasteiger partial charge in [0.15, 0.2) is 5.79 Å². The molecule has 1 aromatic carbocycles. The Balaban J connectivity index is 1.91. The highest BCUT2D eigenvalue weighted by Gasteiger charge is 2.26. The van der Waals surface area contributed by atoms with Crippen LogP contribution >= 0.6 is 0 Å². The van der Waals surface area contributed by atoms with Gasteiger partial charge in [-0.25, -0.2) is 0 Å². The van der Waals surface area contributed by atoms with Crippen molar-refractivity contribution in [2.45, 2.75) is 12.2 Å². The summed E-state index contributed by atoms with van der Waals surface area (Å²) in [6, 6.07) is 10.1. The predicted molar refractivity (Wildman–Crippen MR) is 77.5 cm³/mol. The molecule has 3 heteroatoms. The number of hydrogen-bond donors (Lipinski definition) is 0. The van der Waals surface area contributed by atoms with E-state index in [2.05, 4.69) is 11.1 Å². The molecule has 0 saturated carbocycles. The molecule has 0 N–H and O–H groups in total. The van der Waals surface area contributed by atoms with Crippen molar-refractivity contribution in [2.75, 3.05) is 20.8 Å². The summed E-state index contributed by atoms with van der Waals surface area (Å²) < 4.78 is 10.7. The van der Waals surface area contributed by atoms with Gasteiger partial charge in [0.25, 0.3) is 0 Å². The SMILES string of the molecule is COC1(OC)C=CC(CN=Cc2ccccc2)=CC1. The largest absolute Gasteiger partial charge is 0.349 e. The third-order valence-corrected chi connectivity index (χ3v) is 3.20. The van der Waals surface area contributed by atoms with Crippen molar-refractivity contribution in [3.63, 3.8) is 0 Å². The monoisotopic (exact) mass is 257 g/mol. The van der Waals surface area contributed by atoms with Crippen LogP contribution in [0.25, 0.3) is 0 Å². The van der Waals surface area contributed by atoms with Gasteiger partial charge >= 0.3 is 0 Å². The van der Waals surface area contributed by atoms with Gasteiger partial charge in [-0.15, -0.1) is 0 Å². The first-order valence-corrected chi connectivity index (χ1v) is 6.31. The second kappa shape index (κ2) is 6.45. The number of ether oxygens (including phenoxy) is 2. The van der Waals surface area contributed by atoms with Gasteiger partial charge < -0.3 is 9.47 Å².